The molecule has 1 heterocycles. The van der Waals surface area contributed by atoms with E-state index in [0.29, 0.717) is 10.8 Å². The minimum Gasteiger partial charge on any atom is -0.342 e. The summed E-state index contributed by atoms with van der Waals surface area (Å²) >= 11 is 0. The fraction of sp³-hybridized carbons (Fsp3) is 0.533. The maximum atomic E-state index is 11.6. The molecule has 3 unspecified atom stereocenters. The maximum absolute atomic E-state index is 11.6. The fourth-order valence-electron chi connectivity index (χ4n) is 3.99. The Bertz CT molecular complexity index is 778. The first-order chi connectivity index (χ1) is 9.50. The third-order valence-electron chi connectivity index (χ3n) is 4.99. The lowest BCUT2D eigenvalue weighted by Gasteiger charge is -2.18. The first-order valence-electron chi connectivity index (χ1n) is 7.20. The van der Waals surface area contributed by atoms with Crippen LogP contribution in [0.1, 0.15) is 37.4 Å². The molecule has 3 atom stereocenters. The van der Waals surface area contributed by atoms with Crippen LogP contribution in [0.15, 0.2) is 23.1 Å². The maximum Gasteiger partial charge on any atom is 0.175 e. The molecule has 2 fully saturated rings. The van der Waals surface area contributed by atoms with Gasteiger partial charge in [0.1, 0.15) is 5.82 Å². The first-order valence-corrected chi connectivity index (χ1v) is 9.09. The van der Waals surface area contributed by atoms with Crippen LogP contribution in [0.5, 0.6) is 0 Å². The van der Waals surface area contributed by atoms with E-state index >= 15 is 0 Å². The van der Waals surface area contributed by atoms with Crippen molar-refractivity contribution in [2.45, 2.75) is 36.5 Å². The second kappa shape index (κ2) is 4.07. The number of rotatable bonds is 2. The van der Waals surface area contributed by atoms with Crippen LogP contribution in [-0.2, 0) is 9.84 Å². The molecule has 5 heteroatoms. The average Bonchev–Trinajstić information content (AvgIpc) is 3.10. The first kappa shape index (κ1) is 12.4. The number of aromatic amines is 1. The van der Waals surface area contributed by atoms with Gasteiger partial charge in [0.05, 0.1) is 15.9 Å². The molecular formula is C15H18N2O2S. The van der Waals surface area contributed by atoms with Crippen molar-refractivity contribution >= 4 is 20.9 Å². The van der Waals surface area contributed by atoms with Crippen LogP contribution >= 0.6 is 0 Å². The SMILES string of the molecule is CS(=O)(=O)c1ccc2nc(C3CC4CCC3C4)[nH]c2c1. The van der Waals surface area contributed by atoms with Gasteiger partial charge in [-0.25, -0.2) is 13.4 Å². The van der Waals surface area contributed by atoms with Gasteiger partial charge in [-0.3, -0.25) is 0 Å². The summed E-state index contributed by atoms with van der Waals surface area (Å²) in [6, 6.07) is 5.15. The summed E-state index contributed by atoms with van der Waals surface area (Å²) in [4.78, 5) is 8.40. The van der Waals surface area contributed by atoms with Gasteiger partial charge >= 0.3 is 0 Å². The molecule has 2 aromatic rings. The summed E-state index contributed by atoms with van der Waals surface area (Å²) in [6.45, 7) is 0. The number of fused-ring (bicyclic) bond motifs is 3. The van der Waals surface area contributed by atoms with Gasteiger partial charge in [-0.05, 0) is 49.3 Å². The molecule has 1 N–H and O–H groups in total. The van der Waals surface area contributed by atoms with Crippen molar-refractivity contribution in [2.24, 2.45) is 11.8 Å². The molecule has 0 saturated heterocycles. The van der Waals surface area contributed by atoms with E-state index in [0.717, 1.165) is 28.7 Å². The highest BCUT2D eigenvalue weighted by Gasteiger charge is 2.41. The van der Waals surface area contributed by atoms with Crippen LogP contribution in [0.4, 0.5) is 0 Å². The Morgan fingerprint density at radius 3 is 2.75 bits per heavy atom. The minimum atomic E-state index is -3.16. The Balaban J connectivity index is 1.76. The Labute approximate surface area is 118 Å². The Morgan fingerprint density at radius 2 is 2.10 bits per heavy atom. The van der Waals surface area contributed by atoms with Crippen LogP contribution in [0.25, 0.3) is 11.0 Å². The number of aromatic nitrogens is 2. The van der Waals surface area contributed by atoms with Crippen molar-refractivity contribution in [2.75, 3.05) is 6.26 Å². The molecular weight excluding hydrogens is 272 g/mol. The molecule has 2 aliphatic rings. The Kier molecular flexibility index (Phi) is 2.52. The summed E-state index contributed by atoms with van der Waals surface area (Å²) in [5.41, 5.74) is 1.71. The summed E-state index contributed by atoms with van der Waals surface area (Å²) in [5, 5.41) is 0. The van der Waals surface area contributed by atoms with E-state index in [-0.39, 0.29) is 0 Å². The van der Waals surface area contributed by atoms with Crippen molar-refractivity contribution < 1.29 is 8.42 Å². The Morgan fingerprint density at radius 1 is 1.25 bits per heavy atom. The standard InChI is InChI=1S/C15H18N2O2S/c1-20(18,19)11-4-5-13-14(8-11)17-15(16-13)12-7-9-2-3-10(12)6-9/h4-5,8-10,12H,2-3,6-7H2,1H3,(H,16,17). The third kappa shape index (κ3) is 1.87. The normalized spacial score (nSPS) is 29.4. The highest BCUT2D eigenvalue weighted by atomic mass is 32.2. The number of hydrogen-bond acceptors (Lipinski definition) is 3. The van der Waals surface area contributed by atoms with Crippen molar-refractivity contribution in [3.63, 3.8) is 0 Å². The summed E-state index contributed by atoms with van der Waals surface area (Å²) in [6.07, 6.45) is 6.52. The fourth-order valence-corrected chi connectivity index (χ4v) is 4.64. The molecule has 4 nitrogen and oxygen atoms in total. The van der Waals surface area contributed by atoms with E-state index in [1.165, 1.54) is 31.9 Å². The van der Waals surface area contributed by atoms with Crippen LogP contribution < -0.4 is 0 Å². The second-order valence-corrected chi connectivity index (χ2v) is 8.37. The quantitative estimate of drug-likeness (QED) is 0.925. The summed E-state index contributed by atoms with van der Waals surface area (Å²) in [5.74, 6) is 3.25. The van der Waals surface area contributed by atoms with Gasteiger partial charge in [0.15, 0.2) is 9.84 Å². The lowest BCUT2D eigenvalue weighted by atomic mass is 9.88. The lowest BCUT2D eigenvalue weighted by molar-refractivity contribution is 0.408. The van der Waals surface area contributed by atoms with Gasteiger partial charge in [-0.15, -0.1) is 0 Å². The van der Waals surface area contributed by atoms with E-state index < -0.39 is 9.84 Å². The van der Waals surface area contributed by atoms with Gasteiger partial charge in [0.2, 0.25) is 0 Å². The zero-order valence-electron chi connectivity index (χ0n) is 11.5. The monoisotopic (exact) mass is 290 g/mol. The van der Waals surface area contributed by atoms with Crippen LogP contribution in [0.3, 0.4) is 0 Å². The van der Waals surface area contributed by atoms with Crippen molar-refractivity contribution in [3.8, 4) is 0 Å². The molecule has 20 heavy (non-hydrogen) atoms. The van der Waals surface area contributed by atoms with Gasteiger partial charge in [-0.2, -0.15) is 0 Å². The number of hydrogen-bond donors (Lipinski definition) is 1. The number of benzene rings is 1. The average molecular weight is 290 g/mol. The topological polar surface area (TPSA) is 62.8 Å². The number of nitrogens with one attached hydrogen (secondary N) is 1. The van der Waals surface area contributed by atoms with Gasteiger partial charge in [-0.1, -0.05) is 6.42 Å². The molecule has 0 spiro atoms. The predicted molar refractivity (Wildman–Crippen MR) is 77.4 cm³/mol. The molecule has 2 saturated carbocycles. The number of nitrogens with zero attached hydrogens (tertiary/aromatic N) is 1. The van der Waals surface area contributed by atoms with E-state index in [4.69, 9.17) is 0 Å². The van der Waals surface area contributed by atoms with Crippen LogP contribution in [0.2, 0.25) is 0 Å². The molecule has 1 aromatic heterocycles. The van der Waals surface area contributed by atoms with E-state index in [9.17, 15) is 8.42 Å². The number of H-pyrrole nitrogens is 1. The molecule has 0 amide bonds. The highest BCUT2D eigenvalue weighted by Crippen LogP contribution is 2.52. The van der Waals surface area contributed by atoms with Gasteiger partial charge < -0.3 is 4.98 Å². The Hall–Kier alpha value is -1.36. The highest BCUT2D eigenvalue weighted by molar-refractivity contribution is 7.90. The molecule has 0 aliphatic heterocycles. The van der Waals surface area contributed by atoms with Crippen molar-refractivity contribution in [1.82, 2.24) is 9.97 Å². The van der Waals surface area contributed by atoms with E-state index in [1.54, 1.807) is 18.2 Å². The zero-order chi connectivity index (χ0) is 13.9. The molecule has 2 aliphatic carbocycles. The molecule has 2 bridgehead atoms. The molecule has 0 radical (unpaired) electrons. The van der Waals surface area contributed by atoms with Gasteiger partial charge in [0, 0.05) is 12.2 Å². The van der Waals surface area contributed by atoms with Gasteiger partial charge in [0.25, 0.3) is 0 Å². The predicted octanol–water partition coefficient (Wildman–Crippen LogP) is 2.87. The molecule has 4 rings (SSSR count). The van der Waals surface area contributed by atoms with E-state index in [2.05, 4.69) is 9.97 Å². The van der Waals surface area contributed by atoms with Crippen molar-refractivity contribution in [1.29, 1.82) is 0 Å². The summed E-state index contributed by atoms with van der Waals surface area (Å²) in [7, 11) is -3.16. The van der Waals surface area contributed by atoms with Crippen LogP contribution in [-0.4, -0.2) is 24.6 Å². The number of sulfone groups is 1. The van der Waals surface area contributed by atoms with Crippen LogP contribution in [0, 0.1) is 11.8 Å². The summed E-state index contributed by atoms with van der Waals surface area (Å²) < 4.78 is 23.2. The second-order valence-electron chi connectivity index (χ2n) is 6.35. The van der Waals surface area contributed by atoms with Crippen molar-refractivity contribution in [3.05, 3.63) is 24.0 Å². The third-order valence-corrected chi connectivity index (χ3v) is 6.10. The molecule has 106 valence electrons. The largest absolute Gasteiger partial charge is 0.342 e. The lowest BCUT2D eigenvalue weighted by Crippen LogP contribution is -2.09. The molecule has 1 aromatic carbocycles. The zero-order valence-corrected chi connectivity index (χ0v) is 12.3. The number of imidazole rings is 1. The van der Waals surface area contributed by atoms with E-state index in [1.807, 2.05) is 0 Å². The minimum absolute atomic E-state index is 0.355. The smallest absolute Gasteiger partial charge is 0.175 e.